The monoisotopic (exact) mass is 239 g/mol. The Labute approximate surface area is 104 Å². The molecule has 0 heterocycles. The first-order chi connectivity index (χ1) is 8.24. The summed E-state index contributed by atoms with van der Waals surface area (Å²) >= 11 is 0. The molecule has 98 valence electrons. The van der Waals surface area contributed by atoms with Gasteiger partial charge in [-0.1, -0.05) is 25.7 Å². The van der Waals surface area contributed by atoms with E-state index in [1.54, 1.807) is 7.11 Å². The van der Waals surface area contributed by atoms with Gasteiger partial charge in [-0.25, -0.2) is 0 Å². The molecule has 17 heavy (non-hydrogen) atoms. The van der Waals surface area contributed by atoms with E-state index in [0.29, 0.717) is 18.5 Å². The zero-order valence-corrected chi connectivity index (χ0v) is 10.9. The van der Waals surface area contributed by atoms with Crippen LogP contribution in [-0.4, -0.2) is 31.3 Å². The van der Waals surface area contributed by atoms with E-state index in [4.69, 9.17) is 10.5 Å². The number of nitrogens with two attached hydrogens (primary N) is 1. The topological polar surface area (TPSA) is 59.6 Å². The van der Waals surface area contributed by atoms with Gasteiger partial charge in [-0.05, 0) is 25.7 Å². The van der Waals surface area contributed by atoms with Gasteiger partial charge < -0.3 is 15.8 Å². The molecular weight excluding hydrogens is 214 g/mol. The second kappa shape index (κ2) is 5.71. The Morgan fingerprint density at radius 3 is 2.53 bits per heavy atom. The van der Waals surface area contributed by atoms with Crippen LogP contribution in [0.3, 0.4) is 0 Å². The molecule has 2 rings (SSSR count). The van der Waals surface area contributed by atoms with Crippen LogP contribution in [0.15, 0.2) is 4.99 Å². The molecule has 0 radical (unpaired) electrons. The van der Waals surface area contributed by atoms with Crippen molar-refractivity contribution in [3.8, 4) is 0 Å². The highest BCUT2D eigenvalue weighted by Crippen LogP contribution is 2.32. The van der Waals surface area contributed by atoms with Gasteiger partial charge in [0.25, 0.3) is 0 Å². The second-order valence-corrected chi connectivity index (χ2v) is 5.42. The minimum atomic E-state index is -0.0397. The van der Waals surface area contributed by atoms with Gasteiger partial charge in [-0.2, -0.15) is 0 Å². The lowest BCUT2D eigenvalue weighted by Gasteiger charge is -2.25. The summed E-state index contributed by atoms with van der Waals surface area (Å²) in [5.41, 5.74) is 5.89. The summed E-state index contributed by atoms with van der Waals surface area (Å²) in [5.74, 6) is 0.597. The lowest BCUT2D eigenvalue weighted by molar-refractivity contribution is 0.00422. The second-order valence-electron chi connectivity index (χ2n) is 5.42. The van der Waals surface area contributed by atoms with Crippen molar-refractivity contribution in [1.82, 2.24) is 5.32 Å². The Morgan fingerprint density at radius 1 is 1.29 bits per heavy atom. The third-order valence-corrected chi connectivity index (χ3v) is 4.19. The van der Waals surface area contributed by atoms with E-state index in [9.17, 15) is 0 Å². The molecule has 2 aliphatic rings. The molecule has 0 unspecified atom stereocenters. The van der Waals surface area contributed by atoms with Crippen LogP contribution in [0.1, 0.15) is 51.4 Å². The minimum Gasteiger partial charge on any atom is -0.376 e. The van der Waals surface area contributed by atoms with Crippen molar-refractivity contribution >= 4 is 5.96 Å². The van der Waals surface area contributed by atoms with Gasteiger partial charge in [0.2, 0.25) is 0 Å². The maximum absolute atomic E-state index is 5.93. The number of guanidine groups is 1. The molecule has 0 bridgehead atoms. The number of nitrogens with zero attached hydrogens (tertiary/aromatic N) is 1. The van der Waals surface area contributed by atoms with Crippen molar-refractivity contribution in [1.29, 1.82) is 0 Å². The zero-order chi connectivity index (χ0) is 12.1. The largest absolute Gasteiger partial charge is 0.376 e. The predicted molar refractivity (Wildman–Crippen MR) is 70.1 cm³/mol. The third-order valence-electron chi connectivity index (χ3n) is 4.19. The quantitative estimate of drug-likeness (QED) is 0.581. The fourth-order valence-electron chi connectivity index (χ4n) is 3.00. The van der Waals surface area contributed by atoms with E-state index in [2.05, 4.69) is 10.3 Å². The zero-order valence-electron chi connectivity index (χ0n) is 10.9. The number of rotatable bonds is 4. The molecule has 3 N–H and O–H groups in total. The molecule has 2 aliphatic carbocycles. The number of aliphatic imine (C=N–C) groups is 1. The van der Waals surface area contributed by atoms with E-state index < -0.39 is 0 Å². The smallest absolute Gasteiger partial charge is 0.188 e. The summed E-state index contributed by atoms with van der Waals surface area (Å²) in [6.07, 6.45) is 9.81. The first kappa shape index (κ1) is 12.7. The van der Waals surface area contributed by atoms with Crippen molar-refractivity contribution in [2.24, 2.45) is 10.7 Å². The van der Waals surface area contributed by atoms with Crippen LogP contribution in [0, 0.1) is 0 Å². The standard InChI is InChI=1S/C13H25N3O/c1-17-13(8-4-5-9-13)10-15-12(14)16-11-6-2-3-7-11/h11H,2-10H2,1H3,(H3,14,15,16). The molecule has 0 aromatic rings. The van der Waals surface area contributed by atoms with Gasteiger partial charge in [-0.15, -0.1) is 0 Å². The average molecular weight is 239 g/mol. The lowest BCUT2D eigenvalue weighted by atomic mass is 10.0. The Morgan fingerprint density at radius 2 is 1.94 bits per heavy atom. The molecule has 0 spiro atoms. The molecule has 4 nitrogen and oxygen atoms in total. The van der Waals surface area contributed by atoms with Crippen LogP contribution in [0.2, 0.25) is 0 Å². The SMILES string of the molecule is COC1(CN=C(N)NC2CCCC2)CCCC1. The highest BCUT2D eigenvalue weighted by molar-refractivity contribution is 5.78. The first-order valence-corrected chi connectivity index (χ1v) is 6.86. The Kier molecular flexibility index (Phi) is 4.26. The molecule has 0 aromatic carbocycles. The van der Waals surface area contributed by atoms with Crippen LogP contribution in [0.5, 0.6) is 0 Å². The molecule has 4 heteroatoms. The number of methoxy groups -OCH3 is 1. The first-order valence-electron chi connectivity index (χ1n) is 6.86. The minimum absolute atomic E-state index is 0.0397. The molecule has 2 saturated carbocycles. The lowest BCUT2D eigenvalue weighted by Crippen LogP contribution is -2.40. The van der Waals surface area contributed by atoms with Crippen molar-refractivity contribution in [3.05, 3.63) is 0 Å². The molecule has 0 aromatic heterocycles. The summed E-state index contributed by atoms with van der Waals surface area (Å²) in [6, 6.07) is 0.542. The number of ether oxygens (including phenoxy) is 1. The van der Waals surface area contributed by atoms with Gasteiger partial charge in [0, 0.05) is 13.2 Å². The van der Waals surface area contributed by atoms with Crippen LogP contribution in [0.25, 0.3) is 0 Å². The van der Waals surface area contributed by atoms with E-state index >= 15 is 0 Å². The predicted octanol–water partition coefficient (Wildman–Crippen LogP) is 1.79. The number of hydrogen-bond donors (Lipinski definition) is 2. The molecule has 0 atom stereocenters. The van der Waals surface area contributed by atoms with E-state index in [0.717, 1.165) is 12.8 Å². The Balaban J connectivity index is 1.81. The fourth-order valence-corrected chi connectivity index (χ4v) is 3.00. The number of hydrogen-bond acceptors (Lipinski definition) is 2. The maximum atomic E-state index is 5.93. The van der Waals surface area contributed by atoms with Crippen molar-refractivity contribution < 1.29 is 4.74 Å². The summed E-state index contributed by atoms with van der Waals surface area (Å²) in [4.78, 5) is 4.47. The summed E-state index contributed by atoms with van der Waals surface area (Å²) in [7, 11) is 1.79. The van der Waals surface area contributed by atoms with Gasteiger partial charge >= 0.3 is 0 Å². The molecule has 0 amide bonds. The summed E-state index contributed by atoms with van der Waals surface area (Å²) in [6.45, 7) is 0.703. The molecule has 0 aliphatic heterocycles. The van der Waals surface area contributed by atoms with Gasteiger partial charge in [-0.3, -0.25) is 4.99 Å². The third kappa shape index (κ3) is 3.35. The van der Waals surface area contributed by atoms with Crippen LogP contribution in [0.4, 0.5) is 0 Å². The van der Waals surface area contributed by atoms with E-state index in [1.165, 1.54) is 38.5 Å². The Hall–Kier alpha value is -0.770. The van der Waals surface area contributed by atoms with Crippen molar-refractivity contribution in [3.63, 3.8) is 0 Å². The number of nitrogens with one attached hydrogen (secondary N) is 1. The van der Waals surface area contributed by atoms with Crippen LogP contribution in [-0.2, 0) is 4.74 Å². The molecule has 2 fully saturated rings. The average Bonchev–Trinajstić information content (AvgIpc) is 2.98. The van der Waals surface area contributed by atoms with Gasteiger partial charge in [0.15, 0.2) is 5.96 Å². The van der Waals surface area contributed by atoms with Crippen molar-refractivity contribution in [2.75, 3.05) is 13.7 Å². The summed E-state index contributed by atoms with van der Waals surface area (Å²) < 4.78 is 5.63. The molecular formula is C13H25N3O. The van der Waals surface area contributed by atoms with Crippen LogP contribution < -0.4 is 11.1 Å². The Bertz CT molecular complexity index is 266. The van der Waals surface area contributed by atoms with E-state index in [1.807, 2.05) is 0 Å². The van der Waals surface area contributed by atoms with Crippen molar-refractivity contribution in [2.45, 2.75) is 63.0 Å². The fraction of sp³-hybridized carbons (Fsp3) is 0.923. The van der Waals surface area contributed by atoms with Gasteiger partial charge in [0.05, 0.1) is 12.1 Å². The normalized spacial score (nSPS) is 25.4. The van der Waals surface area contributed by atoms with E-state index in [-0.39, 0.29) is 5.60 Å². The summed E-state index contributed by atoms with van der Waals surface area (Å²) in [5, 5.41) is 3.32. The van der Waals surface area contributed by atoms with Gasteiger partial charge in [0.1, 0.15) is 0 Å². The molecule has 0 saturated heterocycles. The maximum Gasteiger partial charge on any atom is 0.188 e. The highest BCUT2D eigenvalue weighted by atomic mass is 16.5. The highest BCUT2D eigenvalue weighted by Gasteiger charge is 2.33. The van der Waals surface area contributed by atoms with Crippen LogP contribution >= 0.6 is 0 Å².